The summed E-state index contributed by atoms with van der Waals surface area (Å²) in [4.78, 5) is 23.2. The molecular weight excluding hydrogens is 336 g/mol. The number of ether oxygens (including phenoxy) is 1. The molecule has 1 N–H and O–H groups in total. The van der Waals surface area contributed by atoms with Gasteiger partial charge in [-0.15, -0.1) is 0 Å². The zero-order valence-electron chi connectivity index (χ0n) is 12.6. The molecule has 1 atom stereocenters. The number of hydrogen-bond donors (Lipinski definition) is 1. The predicted octanol–water partition coefficient (Wildman–Crippen LogP) is 1.53. The Hall–Kier alpha value is -1.21. The summed E-state index contributed by atoms with van der Waals surface area (Å²) in [5.74, 6) is 1.49. The van der Waals surface area contributed by atoms with Crippen LogP contribution in [0.2, 0.25) is 0 Å². The first-order chi connectivity index (χ1) is 10.0. The van der Waals surface area contributed by atoms with Crippen LogP contribution in [0.15, 0.2) is 10.7 Å². The molecule has 0 aromatic carbocycles. The first kappa shape index (κ1) is 16.2. The fourth-order valence-electron chi connectivity index (χ4n) is 2.23. The third-order valence-electron chi connectivity index (χ3n) is 3.20. The monoisotopic (exact) mass is 356 g/mol. The minimum atomic E-state index is -0.354. The average Bonchev–Trinajstić information content (AvgIpc) is 2.45. The molecule has 1 aromatic rings. The number of amides is 1. The number of nitrogens with zero attached hydrogens (tertiary/aromatic N) is 3. The van der Waals surface area contributed by atoms with Crippen LogP contribution in [-0.4, -0.2) is 47.7 Å². The third kappa shape index (κ3) is 4.14. The van der Waals surface area contributed by atoms with Crippen molar-refractivity contribution in [3.05, 3.63) is 16.5 Å². The molecule has 1 fully saturated rings. The second-order valence-corrected chi connectivity index (χ2v) is 6.08. The summed E-state index contributed by atoms with van der Waals surface area (Å²) in [7, 11) is 0. The number of nitrogens with one attached hydrogen (secondary N) is 1. The molecule has 1 saturated heterocycles. The Balaban J connectivity index is 2.26. The molecule has 2 heterocycles. The van der Waals surface area contributed by atoms with Crippen LogP contribution < -0.4 is 10.2 Å². The Labute approximate surface area is 133 Å². The average molecular weight is 357 g/mol. The van der Waals surface area contributed by atoms with Crippen LogP contribution in [0, 0.1) is 0 Å². The Kier molecular flexibility index (Phi) is 5.52. The van der Waals surface area contributed by atoms with Crippen molar-refractivity contribution in [1.82, 2.24) is 15.3 Å². The van der Waals surface area contributed by atoms with Gasteiger partial charge < -0.3 is 15.0 Å². The van der Waals surface area contributed by atoms with Crippen molar-refractivity contribution in [2.24, 2.45) is 0 Å². The number of hydrogen-bond acceptors (Lipinski definition) is 5. The van der Waals surface area contributed by atoms with Gasteiger partial charge in [-0.2, -0.15) is 0 Å². The molecule has 1 aromatic heterocycles. The molecule has 0 spiro atoms. The number of rotatable bonds is 4. The van der Waals surface area contributed by atoms with E-state index in [1.54, 1.807) is 0 Å². The first-order valence-corrected chi connectivity index (χ1v) is 7.98. The van der Waals surface area contributed by atoms with Crippen molar-refractivity contribution in [1.29, 1.82) is 0 Å². The van der Waals surface area contributed by atoms with Crippen LogP contribution in [0.25, 0.3) is 0 Å². The molecule has 0 bridgehead atoms. The number of aryl methyl sites for hydroxylation is 1. The third-order valence-corrected chi connectivity index (χ3v) is 3.61. The molecule has 7 heteroatoms. The highest BCUT2D eigenvalue weighted by Crippen LogP contribution is 2.21. The van der Waals surface area contributed by atoms with Crippen LogP contribution in [0.1, 0.15) is 26.6 Å². The van der Waals surface area contributed by atoms with Gasteiger partial charge in [0.1, 0.15) is 22.3 Å². The molecule has 1 aliphatic rings. The number of morpholine rings is 1. The van der Waals surface area contributed by atoms with E-state index in [0.717, 1.165) is 22.7 Å². The van der Waals surface area contributed by atoms with Crippen LogP contribution in [0.5, 0.6) is 0 Å². The Bertz CT molecular complexity index is 510. The Morgan fingerprint density at radius 3 is 3.00 bits per heavy atom. The number of aromatic nitrogens is 2. The van der Waals surface area contributed by atoms with Gasteiger partial charge in [-0.05, 0) is 29.8 Å². The van der Waals surface area contributed by atoms with E-state index in [-0.39, 0.29) is 18.0 Å². The zero-order valence-corrected chi connectivity index (χ0v) is 14.2. The van der Waals surface area contributed by atoms with Crippen molar-refractivity contribution in [3.63, 3.8) is 0 Å². The molecule has 0 aliphatic carbocycles. The van der Waals surface area contributed by atoms with E-state index in [9.17, 15) is 4.79 Å². The topological polar surface area (TPSA) is 67.4 Å². The van der Waals surface area contributed by atoms with Crippen molar-refractivity contribution in [2.45, 2.75) is 39.3 Å². The maximum absolute atomic E-state index is 12.3. The normalized spacial score (nSPS) is 18.9. The summed E-state index contributed by atoms with van der Waals surface area (Å²) in [6.07, 6.45) is 0.750. The van der Waals surface area contributed by atoms with Gasteiger partial charge in [0, 0.05) is 25.1 Å². The second kappa shape index (κ2) is 7.17. The van der Waals surface area contributed by atoms with Crippen molar-refractivity contribution < 1.29 is 9.53 Å². The summed E-state index contributed by atoms with van der Waals surface area (Å²) in [5, 5.41) is 2.94. The SMILES string of the molecule is CCc1nc(Br)cc(N2CCOCC2C(=O)NC(C)C)n1. The van der Waals surface area contributed by atoms with E-state index < -0.39 is 0 Å². The lowest BCUT2D eigenvalue weighted by molar-refractivity contribution is -0.125. The summed E-state index contributed by atoms with van der Waals surface area (Å²) in [6, 6.07) is 1.59. The van der Waals surface area contributed by atoms with E-state index in [2.05, 4.69) is 31.2 Å². The molecule has 0 saturated carbocycles. The van der Waals surface area contributed by atoms with Gasteiger partial charge in [0.15, 0.2) is 0 Å². The minimum Gasteiger partial charge on any atom is -0.377 e. The van der Waals surface area contributed by atoms with Gasteiger partial charge in [0.2, 0.25) is 5.91 Å². The fraction of sp³-hybridized carbons (Fsp3) is 0.643. The Morgan fingerprint density at radius 2 is 2.33 bits per heavy atom. The second-order valence-electron chi connectivity index (χ2n) is 5.27. The molecule has 1 unspecified atom stereocenters. The maximum Gasteiger partial charge on any atom is 0.245 e. The molecule has 1 amide bonds. The van der Waals surface area contributed by atoms with E-state index in [4.69, 9.17) is 4.74 Å². The van der Waals surface area contributed by atoms with Crippen molar-refractivity contribution in [2.75, 3.05) is 24.7 Å². The van der Waals surface area contributed by atoms with Crippen LogP contribution >= 0.6 is 15.9 Å². The fourth-order valence-corrected chi connectivity index (χ4v) is 2.64. The summed E-state index contributed by atoms with van der Waals surface area (Å²) >= 11 is 3.41. The number of carbonyl (C=O) groups is 1. The standard InChI is InChI=1S/C14H21BrN4O2/c1-4-12-17-11(15)7-13(18-12)19-5-6-21-8-10(19)14(20)16-9(2)3/h7,9-10H,4-6,8H2,1-3H3,(H,16,20). The number of anilines is 1. The summed E-state index contributed by atoms with van der Waals surface area (Å²) < 4.78 is 6.20. The molecular formula is C14H21BrN4O2. The maximum atomic E-state index is 12.3. The van der Waals surface area contributed by atoms with E-state index >= 15 is 0 Å². The largest absolute Gasteiger partial charge is 0.377 e. The lowest BCUT2D eigenvalue weighted by Gasteiger charge is -2.36. The van der Waals surface area contributed by atoms with Gasteiger partial charge in [-0.1, -0.05) is 6.92 Å². The van der Waals surface area contributed by atoms with E-state index in [1.807, 2.05) is 31.7 Å². The minimum absolute atomic E-state index is 0.0301. The molecule has 2 rings (SSSR count). The Morgan fingerprint density at radius 1 is 1.57 bits per heavy atom. The van der Waals surface area contributed by atoms with Gasteiger partial charge >= 0.3 is 0 Å². The van der Waals surface area contributed by atoms with Crippen LogP contribution in [0.3, 0.4) is 0 Å². The highest BCUT2D eigenvalue weighted by molar-refractivity contribution is 9.10. The molecule has 1 aliphatic heterocycles. The smallest absolute Gasteiger partial charge is 0.245 e. The van der Waals surface area contributed by atoms with Crippen molar-refractivity contribution in [3.8, 4) is 0 Å². The van der Waals surface area contributed by atoms with E-state index in [1.165, 1.54) is 0 Å². The summed E-state index contributed by atoms with van der Waals surface area (Å²) in [6.45, 7) is 7.51. The number of halogens is 1. The summed E-state index contributed by atoms with van der Waals surface area (Å²) in [5.41, 5.74) is 0. The molecule has 6 nitrogen and oxygen atoms in total. The van der Waals surface area contributed by atoms with Gasteiger partial charge in [-0.3, -0.25) is 4.79 Å². The molecule has 0 radical (unpaired) electrons. The van der Waals surface area contributed by atoms with Crippen LogP contribution in [0.4, 0.5) is 5.82 Å². The first-order valence-electron chi connectivity index (χ1n) is 7.19. The highest BCUT2D eigenvalue weighted by atomic mass is 79.9. The van der Waals surface area contributed by atoms with Gasteiger partial charge in [-0.25, -0.2) is 9.97 Å². The molecule has 21 heavy (non-hydrogen) atoms. The van der Waals surface area contributed by atoms with Gasteiger partial charge in [0.25, 0.3) is 0 Å². The quantitative estimate of drug-likeness (QED) is 0.828. The van der Waals surface area contributed by atoms with E-state index in [0.29, 0.717) is 19.8 Å². The zero-order chi connectivity index (χ0) is 15.4. The van der Waals surface area contributed by atoms with Crippen LogP contribution in [-0.2, 0) is 16.0 Å². The predicted molar refractivity (Wildman–Crippen MR) is 84.3 cm³/mol. The number of carbonyl (C=O) groups excluding carboxylic acids is 1. The van der Waals surface area contributed by atoms with Gasteiger partial charge in [0.05, 0.1) is 13.2 Å². The molecule has 116 valence electrons. The van der Waals surface area contributed by atoms with Crippen molar-refractivity contribution >= 4 is 27.7 Å². The highest BCUT2D eigenvalue weighted by Gasteiger charge is 2.31. The lowest BCUT2D eigenvalue weighted by Crippen LogP contribution is -2.55. The lowest BCUT2D eigenvalue weighted by atomic mass is 10.2.